The maximum Gasteiger partial charge on any atom is 0.523 e. The Balaban J connectivity index is 2.06. The van der Waals surface area contributed by atoms with Crippen molar-refractivity contribution in [2.24, 2.45) is 5.41 Å². The zero-order valence-electron chi connectivity index (χ0n) is 16.1. The van der Waals surface area contributed by atoms with Crippen molar-refractivity contribution >= 4 is 39.7 Å². The summed E-state index contributed by atoms with van der Waals surface area (Å²) in [5.74, 6) is -2.67. The van der Waals surface area contributed by atoms with Gasteiger partial charge in [0.25, 0.3) is 5.91 Å². The van der Waals surface area contributed by atoms with E-state index in [1.54, 1.807) is 20.8 Å². The number of β-lactam (4-membered cyclic amide) rings is 1. The van der Waals surface area contributed by atoms with Crippen LogP contribution in [0.2, 0.25) is 0 Å². The number of carbonyl (C=O) groups is 3. The van der Waals surface area contributed by atoms with Gasteiger partial charge in [-0.2, -0.15) is 21.6 Å². The molecule has 0 spiro atoms. The van der Waals surface area contributed by atoms with Gasteiger partial charge in [-0.1, -0.05) is 0 Å². The molecule has 1 amide bonds. The number of alkyl halides is 3. The monoisotopic (exact) mass is 463 g/mol. The average molecular weight is 463 g/mol. The molecule has 0 aromatic carbocycles. The predicted molar refractivity (Wildman–Crippen MR) is 92.4 cm³/mol. The summed E-state index contributed by atoms with van der Waals surface area (Å²) in [4.78, 5) is 37.2. The van der Waals surface area contributed by atoms with E-state index in [4.69, 9.17) is 9.47 Å². The average Bonchev–Trinajstić information content (AvgIpc) is 2.78. The summed E-state index contributed by atoms with van der Waals surface area (Å²) in [5.41, 5.74) is -6.51. The van der Waals surface area contributed by atoms with Gasteiger partial charge in [-0.25, -0.2) is 8.98 Å². The van der Waals surface area contributed by atoms with Gasteiger partial charge in [-0.3, -0.25) is 9.59 Å². The zero-order chi connectivity index (χ0) is 22.6. The van der Waals surface area contributed by atoms with Crippen LogP contribution in [0.3, 0.4) is 0 Å². The maximum atomic E-state index is 12.5. The topological polar surface area (TPSA) is 116 Å². The Morgan fingerprint density at radius 2 is 1.72 bits per heavy atom. The molecule has 2 heterocycles. The van der Waals surface area contributed by atoms with Gasteiger partial charge in [-0.15, -0.1) is 11.8 Å². The fraction of sp³-hybridized carbons (Fsp3) is 0.800. The van der Waals surface area contributed by atoms with E-state index in [1.807, 2.05) is 0 Å². The highest BCUT2D eigenvalue weighted by Crippen LogP contribution is 2.52. The SMILES string of the molecule is CC(C)(C)C(=O)OCOC(=O)[C@@H]1N2C(=O)[C@@H](OS(=O)(=O)C(F)(F)F)[C@H]2SC1(C)C. The van der Waals surface area contributed by atoms with Crippen LogP contribution in [0.4, 0.5) is 13.2 Å². The van der Waals surface area contributed by atoms with Crippen molar-refractivity contribution in [3.05, 3.63) is 0 Å². The molecule has 0 saturated carbocycles. The van der Waals surface area contributed by atoms with Crippen LogP contribution in [0.15, 0.2) is 0 Å². The molecule has 2 fully saturated rings. The molecule has 0 radical (unpaired) electrons. The number of esters is 2. The quantitative estimate of drug-likeness (QED) is 0.196. The van der Waals surface area contributed by atoms with Crippen LogP contribution in [0.5, 0.6) is 0 Å². The largest absolute Gasteiger partial charge is 0.523 e. The summed E-state index contributed by atoms with van der Waals surface area (Å²) >= 11 is 0.901. The number of amides is 1. The normalized spacial score (nSPS) is 26.6. The molecular formula is C15H20F3NO8S2. The van der Waals surface area contributed by atoms with Gasteiger partial charge in [0.1, 0.15) is 11.4 Å². The number of halogens is 3. The van der Waals surface area contributed by atoms with Crippen molar-refractivity contribution in [1.29, 1.82) is 0 Å². The molecule has 2 rings (SSSR count). The second kappa shape index (κ2) is 7.30. The third-order valence-corrected chi connectivity index (χ3v) is 6.71. The molecule has 0 unspecified atom stereocenters. The lowest BCUT2D eigenvalue weighted by Crippen LogP contribution is -2.67. The van der Waals surface area contributed by atoms with E-state index in [9.17, 15) is 36.0 Å². The number of nitrogens with zero attached hydrogens (tertiary/aromatic N) is 1. The first-order valence-electron chi connectivity index (χ1n) is 8.23. The molecule has 0 aliphatic carbocycles. The van der Waals surface area contributed by atoms with Crippen molar-refractivity contribution in [2.45, 2.75) is 62.4 Å². The van der Waals surface area contributed by atoms with Crippen LogP contribution in [0.25, 0.3) is 0 Å². The smallest absolute Gasteiger partial charge is 0.427 e. The molecule has 14 heteroatoms. The lowest BCUT2D eigenvalue weighted by Gasteiger charge is -2.42. The summed E-state index contributed by atoms with van der Waals surface area (Å²) in [6.07, 6.45) is -1.90. The number of thioether (sulfide) groups is 1. The molecule has 2 aliphatic heterocycles. The van der Waals surface area contributed by atoms with Crippen LogP contribution in [-0.2, 0) is 38.2 Å². The summed E-state index contributed by atoms with van der Waals surface area (Å²) in [6.45, 7) is 7.13. The molecule has 29 heavy (non-hydrogen) atoms. The van der Waals surface area contributed by atoms with Crippen LogP contribution < -0.4 is 0 Å². The highest BCUT2D eigenvalue weighted by atomic mass is 32.2. The zero-order valence-corrected chi connectivity index (χ0v) is 17.7. The maximum absolute atomic E-state index is 12.5. The Hall–Kier alpha value is -1.54. The van der Waals surface area contributed by atoms with Crippen molar-refractivity contribution in [1.82, 2.24) is 4.90 Å². The summed E-state index contributed by atoms with van der Waals surface area (Å²) in [7, 11) is -5.98. The van der Waals surface area contributed by atoms with E-state index in [0.29, 0.717) is 0 Å². The van der Waals surface area contributed by atoms with Crippen molar-refractivity contribution in [2.75, 3.05) is 6.79 Å². The van der Waals surface area contributed by atoms with E-state index in [0.717, 1.165) is 16.7 Å². The van der Waals surface area contributed by atoms with Gasteiger partial charge in [0.15, 0.2) is 6.10 Å². The fourth-order valence-electron chi connectivity index (χ4n) is 2.67. The van der Waals surface area contributed by atoms with E-state index in [1.165, 1.54) is 13.8 Å². The summed E-state index contributed by atoms with van der Waals surface area (Å²) < 4.78 is 72.6. The highest BCUT2D eigenvalue weighted by Gasteiger charge is 2.67. The Labute approximate surface area is 169 Å². The molecular weight excluding hydrogens is 443 g/mol. The number of fused-ring (bicyclic) bond motifs is 1. The second-order valence-corrected chi connectivity index (χ2v) is 11.3. The van der Waals surface area contributed by atoms with Crippen molar-refractivity contribution < 1.29 is 49.6 Å². The van der Waals surface area contributed by atoms with E-state index in [-0.39, 0.29) is 0 Å². The molecule has 2 saturated heterocycles. The van der Waals surface area contributed by atoms with Crippen LogP contribution in [0.1, 0.15) is 34.6 Å². The first-order chi connectivity index (χ1) is 12.9. The third-order valence-electron chi connectivity index (χ3n) is 4.13. The molecule has 0 bridgehead atoms. The first kappa shape index (κ1) is 23.7. The minimum absolute atomic E-state index is 0.630. The Bertz CT molecular complexity index is 818. The Morgan fingerprint density at radius 1 is 1.17 bits per heavy atom. The van der Waals surface area contributed by atoms with Crippen molar-refractivity contribution in [3.63, 3.8) is 0 Å². The van der Waals surface area contributed by atoms with Gasteiger partial charge in [0.05, 0.1) is 5.41 Å². The van der Waals surface area contributed by atoms with Crippen LogP contribution in [0, 0.1) is 5.41 Å². The summed E-state index contributed by atoms with van der Waals surface area (Å²) in [5, 5.41) is -1.12. The van der Waals surface area contributed by atoms with Crippen LogP contribution in [-0.4, -0.2) is 65.7 Å². The number of ether oxygens (including phenoxy) is 2. The molecule has 2 aliphatic rings. The van der Waals surface area contributed by atoms with Gasteiger partial charge in [-0.05, 0) is 34.6 Å². The minimum Gasteiger partial charge on any atom is -0.427 e. The second-order valence-electron chi connectivity index (χ2n) is 7.94. The lowest BCUT2D eigenvalue weighted by molar-refractivity contribution is -0.182. The minimum atomic E-state index is -5.98. The lowest BCUT2D eigenvalue weighted by atomic mass is 9.97. The standard InChI is InChI=1S/C15H20F3NO8S2/c1-13(2,3)12(22)26-6-25-11(21)8-14(4,5)28-10-7(9(20)19(8)10)27-29(23,24)15(16,17)18/h7-8,10H,6H2,1-5H3/t7-,8+,10-/m1/s1. The Morgan fingerprint density at radius 3 is 2.21 bits per heavy atom. The number of carbonyl (C=O) groups excluding carboxylic acids is 3. The predicted octanol–water partition coefficient (Wildman–Crippen LogP) is 1.37. The number of hydrogen-bond acceptors (Lipinski definition) is 9. The van der Waals surface area contributed by atoms with Gasteiger partial charge >= 0.3 is 27.6 Å². The molecule has 0 aromatic rings. The Kier molecular flexibility index (Phi) is 5.98. The first-order valence-corrected chi connectivity index (χ1v) is 10.5. The van der Waals surface area contributed by atoms with E-state index in [2.05, 4.69) is 4.18 Å². The molecule has 166 valence electrons. The molecule has 0 aromatic heterocycles. The molecule has 0 N–H and O–H groups in total. The number of hydrogen-bond donors (Lipinski definition) is 0. The van der Waals surface area contributed by atoms with Gasteiger partial charge < -0.3 is 14.4 Å². The highest BCUT2D eigenvalue weighted by molar-refractivity contribution is 8.01. The fourth-order valence-corrected chi connectivity index (χ4v) is 4.91. The molecule has 3 atom stereocenters. The van der Waals surface area contributed by atoms with Crippen molar-refractivity contribution in [3.8, 4) is 0 Å². The van der Waals surface area contributed by atoms with E-state index < -0.39 is 67.9 Å². The number of rotatable bonds is 5. The van der Waals surface area contributed by atoms with Gasteiger partial charge in [0.2, 0.25) is 6.79 Å². The third kappa shape index (κ3) is 4.48. The summed E-state index contributed by atoms with van der Waals surface area (Å²) in [6, 6.07) is -1.23. The van der Waals surface area contributed by atoms with E-state index >= 15 is 0 Å². The molecule has 9 nitrogen and oxygen atoms in total. The van der Waals surface area contributed by atoms with Crippen LogP contribution >= 0.6 is 11.8 Å². The van der Waals surface area contributed by atoms with Gasteiger partial charge in [0, 0.05) is 4.75 Å².